The van der Waals surface area contributed by atoms with Crippen LogP contribution in [0.25, 0.3) is 10.9 Å². The molecular formula is C17H13BrN4O4. The van der Waals surface area contributed by atoms with Crippen molar-refractivity contribution >= 4 is 39.0 Å². The van der Waals surface area contributed by atoms with Gasteiger partial charge in [-0.3, -0.25) is 9.59 Å². The minimum Gasteiger partial charge on any atom is -0.483 e. The SMILES string of the molecule is NC(=O)COc1ccc(C=Nn2c(=O)[nH]c3ccccc3c2=O)cc1Br. The third kappa shape index (κ3) is 3.72. The lowest BCUT2D eigenvalue weighted by atomic mass is 10.2. The molecule has 0 unspecified atom stereocenters. The van der Waals surface area contributed by atoms with E-state index in [0.717, 1.165) is 4.68 Å². The number of aromatic amines is 1. The quantitative estimate of drug-likeness (QED) is 0.607. The highest BCUT2D eigenvalue weighted by Gasteiger charge is 2.06. The van der Waals surface area contributed by atoms with Crippen molar-refractivity contribution in [2.45, 2.75) is 0 Å². The standard InChI is InChI=1S/C17H13BrN4O4/c18-12-7-10(5-6-14(12)26-9-15(19)23)8-20-22-16(24)11-3-1-2-4-13(11)21-17(22)25/h1-8H,9H2,(H2,19,23)(H,21,25). The van der Waals surface area contributed by atoms with Crippen molar-refractivity contribution in [1.82, 2.24) is 9.66 Å². The van der Waals surface area contributed by atoms with Crippen LogP contribution in [0.2, 0.25) is 0 Å². The maximum absolute atomic E-state index is 12.4. The Labute approximate surface area is 155 Å². The average Bonchev–Trinajstić information content (AvgIpc) is 2.60. The molecule has 0 saturated carbocycles. The van der Waals surface area contributed by atoms with Gasteiger partial charge in [0.15, 0.2) is 6.61 Å². The zero-order chi connectivity index (χ0) is 18.7. The zero-order valence-electron chi connectivity index (χ0n) is 13.3. The van der Waals surface area contributed by atoms with Gasteiger partial charge < -0.3 is 15.5 Å². The molecular weight excluding hydrogens is 404 g/mol. The number of primary amides is 1. The van der Waals surface area contributed by atoms with E-state index in [-0.39, 0.29) is 6.61 Å². The molecule has 0 bridgehead atoms. The van der Waals surface area contributed by atoms with Crippen LogP contribution in [0.3, 0.4) is 0 Å². The number of hydrogen-bond acceptors (Lipinski definition) is 5. The first-order valence-electron chi connectivity index (χ1n) is 7.45. The number of para-hydroxylation sites is 1. The highest BCUT2D eigenvalue weighted by atomic mass is 79.9. The van der Waals surface area contributed by atoms with E-state index in [2.05, 4.69) is 26.0 Å². The third-order valence-electron chi connectivity index (χ3n) is 3.43. The Morgan fingerprint density at radius 2 is 2.04 bits per heavy atom. The van der Waals surface area contributed by atoms with Crippen LogP contribution < -0.4 is 21.7 Å². The van der Waals surface area contributed by atoms with Gasteiger partial charge in [0.05, 0.1) is 21.6 Å². The van der Waals surface area contributed by atoms with E-state index in [1.165, 1.54) is 6.21 Å². The van der Waals surface area contributed by atoms with E-state index in [4.69, 9.17) is 10.5 Å². The number of fused-ring (bicyclic) bond motifs is 1. The fraction of sp³-hybridized carbons (Fsp3) is 0.0588. The molecule has 3 N–H and O–H groups in total. The van der Waals surface area contributed by atoms with Gasteiger partial charge in [-0.25, -0.2) is 4.79 Å². The summed E-state index contributed by atoms with van der Waals surface area (Å²) in [6.07, 6.45) is 1.37. The third-order valence-corrected chi connectivity index (χ3v) is 4.05. The Bertz CT molecular complexity index is 1130. The lowest BCUT2D eigenvalue weighted by Gasteiger charge is -2.06. The van der Waals surface area contributed by atoms with Crippen LogP contribution in [-0.2, 0) is 4.79 Å². The Kier molecular flexibility index (Phi) is 4.99. The molecule has 0 fully saturated rings. The Balaban J connectivity index is 1.92. The van der Waals surface area contributed by atoms with Crippen LogP contribution in [0.5, 0.6) is 5.75 Å². The summed E-state index contributed by atoms with van der Waals surface area (Å²) in [5, 5.41) is 4.33. The number of carbonyl (C=O) groups is 1. The number of hydrogen-bond donors (Lipinski definition) is 2. The molecule has 2 aromatic carbocycles. The van der Waals surface area contributed by atoms with Crippen molar-refractivity contribution < 1.29 is 9.53 Å². The molecule has 0 aliphatic rings. The summed E-state index contributed by atoms with van der Waals surface area (Å²) in [5.41, 5.74) is 4.95. The lowest BCUT2D eigenvalue weighted by molar-refractivity contribution is -0.119. The molecule has 0 aliphatic carbocycles. The summed E-state index contributed by atoms with van der Waals surface area (Å²) in [5.74, 6) is -0.154. The highest BCUT2D eigenvalue weighted by Crippen LogP contribution is 2.25. The molecule has 9 heteroatoms. The van der Waals surface area contributed by atoms with Crippen LogP contribution >= 0.6 is 15.9 Å². The van der Waals surface area contributed by atoms with E-state index in [1.54, 1.807) is 42.5 Å². The van der Waals surface area contributed by atoms with E-state index in [0.29, 0.717) is 26.7 Å². The van der Waals surface area contributed by atoms with Gasteiger partial charge in [0.1, 0.15) is 5.75 Å². The smallest absolute Gasteiger partial charge is 0.349 e. The summed E-state index contributed by atoms with van der Waals surface area (Å²) in [7, 11) is 0. The van der Waals surface area contributed by atoms with Crippen LogP contribution in [0.4, 0.5) is 0 Å². The van der Waals surface area contributed by atoms with Crippen molar-refractivity contribution in [3.63, 3.8) is 0 Å². The summed E-state index contributed by atoms with van der Waals surface area (Å²) in [4.78, 5) is 37.8. The Hall–Kier alpha value is -3.20. The lowest BCUT2D eigenvalue weighted by Crippen LogP contribution is -2.32. The first-order valence-corrected chi connectivity index (χ1v) is 8.24. The minimum atomic E-state index is -0.634. The largest absolute Gasteiger partial charge is 0.483 e. The summed E-state index contributed by atoms with van der Waals surface area (Å²) >= 11 is 3.31. The molecule has 1 amide bonds. The van der Waals surface area contributed by atoms with Gasteiger partial charge in [-0.05, 0) is 51.8 Å². The zero-order valence-corrected chi connectivity index (χ0v) is 14.9. The number of rotatable bonds is 5. The molecule has 0 radical (unpaired) electrons. The van der Waals surface area contributed by atoms with E-state index in [9.17, 15) is 14.4 Å². The van der Waals surface area contributed by atoms with Gasteiger partial charge in [-0.1, -0.05) is 12.1 Å². The van der Waals surface area contributed by atoms with Gasteiger partial charge in [0.2, 0.25) is 0 Å². The number of halogens is 1. The molecule has 8 nitrogen and oxygen atoms in total. The molecule has 3 aromatic rings. The number of amides is 1. The van der Waals surface area contributed by atoms with Crippen molar-refractivity contribution in [3.8, 4) is 5.75 Å². The van der Waals surface area contributed by atoms with E-state index >= 15 is 0 Å². The van der Waals surface area contributed by atoms with Gasteiger partial charge in [0.25, 0.3) is 11.5 Å². The fourth-order valence-electron chi connectivity index (χ4n) is 2.25. The Morgan fingerprint density at radius 3 is 2.77 bits per heavy atom. The number of carbonyl (C=O) groups excluding carboxylic acids is 1. The maximum Gasteiger partial charge on any atom is 0.349 e. The van der Waals surface area contributed by atoms with Gasteiger partial charge in [-0.2, -0.15) is 5.10 Å². The monoisotopic (exact) mass is 416 g/mol. The molecule has 132 valence electrons. The number of benzene rings is 2. The summed E-state index contributed by atoms with van der Waals surface area (Å²) < 4.78 is 6.56. The molecule has 1 aromatic heterocycles. The van der Waals surface area contributed by atoms with Crippen LogP contribution in [-0.4, -0.2) is 28.4 Å². The number of nitrogens with zero attached hydrogens (tertiary/aromatic N) is 2. The number of ether oxygens (including phenoxy) is 1. The van der Waals surface area contributed by atoms with Crippen molar-refractivity contribution in [2.75, 3.05) is 6.61 Å². The van der Waals surface area contributed by atoms with Crippen LogP contribution in [0, 0.1) is 0 Å². The van der Waals surface area contributed by atoms with Gasteiger partial charge in [-0.15, -0.1) is 4.68 Å². The summed E-state index contributed by atoms with van der Waals surface area (Å²) in [6, 6.07) is 11.6. The van der Waals surface area contributed by atoms with Crippen molar-refractivity contribution in [2.24, 2.45) is 10.8 Å². The predicted molar refractivity (Wildman–Crippen MR) is 101 cm³/mol. The van der Waals surface area contributed by atoms with Gasteiger partial charge in [0, 0.05) is 0 Å². The normalized spacial score (nSPS) is 11.1. The first-order chi connectivity index (χ1) is 12.5. The van der Waals surface area contributed by atoms with E-state index in [1.807, 2.05) is 0 Å². The van der Waals surface area contributed by atoms with Crippen LogP contribution in [0.15, 0.2) is 61.6 Å². The topological polar surface area (TPSA) is 120 Å². The molecule has 0 saturated heterocycles. The molecule has 0 aliphatic heterocycles. The number of nitrogens with two attached hydrogens (primary N) is 1. The van der Waals surface area contributed by atoms with E-state index < -0.39 is 17.2 Å². The van der Waals surface area contributed by atoms with Crippen molar-refractivity contribution in [1.29, 1.82) is 0 Å². The molecule has 0 spiro atoms. The number of aromatic nitrogens is 2. The maximum atomic E-state index is 12.4. The fourth-order valence-corrected chi connectivity index (χ4v) is 2.76. The first kappa shape index (κ1) is 17.6. The molecule has 1 heterocycles. The van der Waals surface area contributed by atoms with Crippen molar-refractivity contribution in [3.05, 3.63) is 73.3 Å². The molecule has 26 heavy (non-hydrogen) atoms. The minimum absolute atomic E-state index is 0.242. The predicted octanol–water partition coefficient (Wildman–Crippen LogP) is 1.20. The summed E-state index contributed by atoms with van der Waals surface area (Å²) in [6.45, 7) is -0.242. The second-order valence-corrected chi connectivity index (χ2v) is 6.14. The average molecular weight is 417 g/mol. The van der Waals surface area contributed by atoms with Gasteiger partial charge >= 0.3 is 5.69 Å². The highest BCUT2D eigenvalue weighted by molar-refractivity contribution is 9.10. The number of nitrogens with one attached hydrogen (secondary N) is 1. The second-order valence-electron chi connectivity index (χ2n) is 5.28. The molecule has 0 atom stereocenters. The van der Waals surface area contributed by atoms with Crippen LogP contribution in [0.1, 0.15) is 5.56 Å². The second kappa shape index (κ2) is 7.36. The number of H-pyrrole nitrogens is 1. The Morgan fingerprint density at radius 1 is 1.27 bits per heavy atom. The molecule has 3 rings (SSSR count).